The van der Waals surface area contributed by atoms with Crippen LogP contribution in [-0.2, 0) is 4.79 Å². The van der Waals surface area contributed by atoms with Crippen molar-refractivity contribution in [1.82, 2.24) is 5.32 Å². The number of nitrogens with two attached hydrogens (primary N) is 2. The topological polar surface area (TPSA) is 99.6 Å². The molecule has 0 bridgehead atoms. The fourth-order valence-electron chi connectivity index (χ4n) is 2.25. The number of hydrogen-bond acceptors (Lipinski definition) is 5. The minimum atomic E-state index is -0.293. The van der Waals surface area contributed by atoms with E-state index in [2.05, 4.69) is 11.1 Å². The summed E-state index contributed by atoms with van der Waals surface area (Å²) >= 11 is 0. The smallest absolute Gasteiger partial charge is 0.257 e. The molecule has 0 aliphatic heterocycles. The standard InChI is InChI=1S/C18H22N2O3.CH5N/c1-12-4-9-15(16(10-12)22-3)18(19)13-5-7-14(8-6-13)23-11-17(21)20-2;1-2/h4-10,18H,11,19H2,1-3H3,(H,20,21);2H2,1H3. The summed E-state index contributed by atoms with van der Waals surface area (Å²) in [6, 6.07) is 13.1. The normalized spacial score (nSPS) is 11.0. The van der Waals surface area contributed by atoms with E-state index in [1.54, 1.807) is 26.3 Å². The lowest BCUT2D eigenvalue weighted by molar-refractivity contribution is -0.122. The third-order valence-corrected chi connectivity index (χ3v) is 3.61. The number of nitrogens with one attached hydrogen (secondary N) is 1. The summed E-state index contributed by atoms with van der Waals surface area (Å²) in [6.45, 7) is 2.00. The molecule has 0 saturated carbocycles. The van der Waals surface area contributed by atoms with Gasteiger partial charge in [-0.2, -0.15) is 0 Å². The van der Waals surface area contributed by atoms with Gasteiger partial charge in [-0.25, -0.2) is 0 Å². The summed E-state index contributed by atoms with van der Waals surface area (Å²) in [5, 5.41) is 2.51. The van der Waals surface area contributed by atoms with Gasteiger partial charge in [0.15, 0.2) is 6.61 Å². The van der Waals surface area contributed by atoms with E-state index in [-0.39, 0.29) is 18.6 Å². The number of hydrogen-bond donors (Lipinski definition) is 3. The number of carbonyl (C=O) groups excluding carboxylic acids is 1. The summed E-state index contributed by atoms with van der Waals surface area (Å²) in [6.07, 6.45) is 0. The Kier molecular flexibility index (Phi) is 8.46. The van der Waals surface area contributed by atoms with Crippen LogP contribution in [0.5, 0.6) is 11.5 Å². The van der Waals surface area contributed by atoms with Gasteiger partial charge in [0.2, 0.25) is 0 Å². The average molecular weight is 345 g/mol. The van der Waals surface area contributed by atoms with Gasteiger partial charge >= 0.3 is 0 Å². The number of methoxy groups -OCH3 is 1. The highest BCUT2D eigenvalue weighted by Crippen LogP contribution is 2.30. The van der Waals surface area contributed by atoms with Crippen molar-refractivity contribution in [3.63, 3.8) is 0 Å². The van der Waals surface area contributed by atoms with E-state index in [1.165, 1.54) is 7.05 Å². The summed E-state index contributed by atoms with van der Waals surface area (Å²) in [4.78, 5) is 11.2. The fraction of sp³-hybridized carbons (Fsp3) is 0.316. The molecule has 25 heavy (non-hydrogen) atoms. The van der Waals surface area contributed by atoms with E-state index < -0.39 is 0 Å². The molecular weight excluding hydrogens is 318 g/mol. The maximum absolute atomic E-state index is 11.2. The van der Waals surface area contributed by atoms with Gasteiger partial charge in [0.1, 0.15) is 11.5 Å². The number of aryl methyl sites for hydroxylation is 1. The van der Waals surface area contributed by atoms with Gasteiger partial charge in [-0.05, 0) is 43.3 Å². The molecule has 2 aromatic carbocycles. The van der Waals surface area contributed by atoms with Crippen molar-refractivity contribution in [2.45, 2.75) is 13.0 Å². The molecule has 0 radical (unpaired) electrons. The Balaban J connectivity index is 0.00000151. The molecule has 0 spiro atoms. The number of ether oxygens (including phenoxy) is 2. The zero-order chi connectivity index (χ0) is 18.8. The Morgan fingerprint density at radius 2 is 1.80 bits per heavy atom. The van der Waals surface area contributed by atoms with Crippen molar-refractivity contribution in [2.75, 3.05) is 27.8 Å². The van der Waals surface area contributed by atoms with Gasteiger partial charge in [0, 0.05) is 12.6 Å². The number of benzene rings is 2. The predicted molar refractivity (Wildman–Crippen MR) is 99.9 cm³/mol. The average Bonchev–Trinajstić information content (AvgIpc) is 2.67. The van der Waals surface area contributed by atoms with E-state index in [9.17, 15) is 4.79 Å². The summed E-state index contributed by atoms with van der Waals surface area (Å²) in [7, 11) is 4.71. The Hall–Kier alpha value is -2.57. The number of carbonyl (C=O) groups is 1. The first-order valence-corrected chi connectivity index (χ1v) is 7.96. The van der Waals surface area contributed by atoms with Crippen molar-refractivity contribution in [3.05, 3.63) is 59.2 Å². The molecule has 0 saturated heterocycles. The van der Waals surface area contributed by atoms with Crippen LogP contribution in [0.2, 0.25) is 0 Å². The summed E-state index contributed by atoms with van der Waals surface area (Å²) in [5.41, 5.74) is 13.8. The SMILES string of the molecule is CN.CNC(=O)COc1ccc(C(N)c2ccc(C)cc2OC)cc1. The predicted octanol–water partition coefficient (Wildman–Crippen LogP) is 1.75. The lowest BCUT2D eigenvalue weighted by Crippen LogP contribution is -2.24. The number of rotatable bonds is 6. The van der Waals surface area contributed by atoms with Crippen molar-refractivity contribution in [2.24, 2.45) is 11.5 Å². The highest BCUT2D eigenvalue weighted by Gasteiger charge is 2.14. The first-order chi connectivity index (χ1) is 12.0. The second kappa shape index (κ2) is 10.3. The molecule has 1 amide bonds. The van der Waals surface area contributed by atoms with Crippen molar-refractivity contribution in [3.8, 4) is 11.5 Å². The Morgan fingerprint density at radius 3 is 2.36 bits per heavy atom. The van der Waals surface area contributed by atoms with Crippen LogP contribution in [0, 0.1) is 6.92 Å². The molecule has 0 aliphatic rings. The van der Waals surface area contributed by atoms with E-state index in [0.29, 0.717) is 5.75 Å². The van der Waals surface area contributed by atoms with Gasteiger partial charge in [0.05, 0.1) is 13.2 Å². The third kappa shape index (κ3) is 5.77. The molecule has 6 heteroatoms. The maximum Gasteiger partial charge on any atom is 0.257 e. The zero-order valence-corrected chi connectivity index (χ0v) is 15.2. The lowest BCUT2D eigenvalue weighted by Gasteiger charge is -2.17. The second-order valence-corrected chi connectivity index (χ2v) is 5.25. The highest BCUT2D eigenvalue weighted by atomic mass is 16.5. The molecule has 5 N–H and O–H groups in total. The molecule has 0 aromatic heterocycles. The Bertz CT molecular complexity index is 672. The van der Waals surface area contributed by atoms with Crippen LogP contribution in [0.4, 0.5) is 0 Å². The molecule has 2 aromatic rings. The van der Waals surface area contributed by atoms with E-state index in [0.717, 1.165) is 22.4 Å². The number of likely N-dealkylation sites (N-methyl/N-ethyl adjacent to an activating group) is 1. The molecule has 0 fully saturated rings. The lowest BCUT2D eigenvalue weighted by atomic mass is 9.97. The van der Waals surface area contributed by atoms with Crippen molar-refractivity contribution < 1.29 is 14.3 Å². The van der Waals surface area contributed by atoms with E-state index in [1.807, 2.05) is 37.3 Å². The van der Waals surface area contributed by atoms with E-state index in [4.69, 9.17) is 15.2 Å². The van der Waals surface area contributed by atoms with Gasteiger partial charge in [-0.15, -0.1) is 0 Å². The van der Waals surface area contributed by atoms with Crippen LogP contribution >= 0.6 is 0 Å². The van der Waals surface area contributed by atoms with Gasteiger partial charge in [-0.1, -0.05) is 24.3 Å². The van der Waals surface area contributed by atoms with Crippen LogP contribution in [0.15, 0.2) is 42.5 Å². The van der Waals surface area contributed by atoms with Gasteiger partial charge in [-0.3, -0.25) is 4.79 Å². The van der Waals surface area contributed by atoms with E-state index >= 15 is 0 Å². The monoisotopic (exact) mass is 345 g/mol. The molecule has 1 unspecified atom stereocenters. The maximum atomic E-state index is 11.2. The van der Waals surface area contributed by atoms with Crippen molar-refractivity contribution >= 4 is 5.91 Å². The quantitative estimate of drug-likeness (QED) is 0.741. The van der Waals surface area contributed by atoms with Gasteiger partial charge in [0.25, 0.3) is 5.91 Å². The Labute approximate surface area is 149 Å². The first kappa shape index (κ1) is 20.5. The summed E-state index contributed by atoms with van der Waals surface area (Å²) in [5.74, 6) is 1.23. The van der Waals surface area contributed by atoms with Crippen LogP contribution in [0.3, 0.4) is 0 Å². The molecule has 1 atom stereocenters. The summed E-state index contributed by atoms with van der Waals surface area (Å²) < 4.78 is 10.8. The van der Waals surface area contributed by atoms with Crippen LogP contribution in [0.1, 0.15) is 22.7 Å². The van der Waals surface area contributed by atoms with Crippen LogP contribution in [0.25, 0.3) is 0 Å². The minimum absolute atomic E-state index is 0.00626. The molecule has 2 rings (SSSR count). The number of amides is 1. The molecule has 0 heterocycles. The fourth-order valence-corrected chi connectivity index (χ4v) is 2.25. The molecule has 0 aliphatic carbocycles. The zero-order valence-electron chi connectivity index (χ0n) is 15.2. The van der Waals surface area contributed by atoms with Crippen molar-refractivity contribution in [1.29, 1.82) is 0 Å². The third-order valence-electron chi connectivity index (χ3n) is 3.61. The Morgan fingerprint density at radius 1 is 1.16 bits per heavy atom. The largest absolute Gasteiger partial charge is 0.496 e. The van der Waals surface area contributed by atoms with Crippen LogP contribution < -0.4 is 26.3 Å². The van der Waals surface area contributed by atoms with Gasteiger partial charge < -0.3 is 26.3 Å². The second-order valence-electron chi connectivity index (χ2n) is 5.25. The van der Waals surface area contributed by atoms with Crippen LogP contribution in [-0.4, -0.2) is 33.7 Å². The first-order valence-electron chi connectivity index (χ1n) is 7.96. The highest BCUT2D eigenvalue weighted by molar-refractivity contribution is 5.77. The minimum Gasteiger partial charge on any atom is -0.496 e. The molecule has 136 valence electrons. The molecular formula is C19H27N3O3. The molecule has 6 nitrogen and oxygen atoms in total.